The first-order valence-corrected chi connectivity index (χ1v) is 6.56. The van der Waals surface area contributed by atoms with Crippen LogP contribution in [0.15, 0.2) is 29.2 Å². The fourth-order valence-electron chi connectivity index (χ4n) is 0.932. The Bertz CT molecular complexity index is 496. The van der Waals surface area contributed by atoms with Gasteiger partial charge >= 0.3 is 0 Å². The van der Waals surface area contributed by atoms with Crippen LogP contribution < -0.4 is 9.44 Å². The molecule has 0 spiro atoms. The summed E-state index contributed by atoms with van der Waals surface area (Å²) in [4.78, 5) is 0.0803. The van der Waals surface area contributed by atoms with Crippen LogP contribution in [0.1, 0.15) is 0 Å². The number of nitrogens with one attached hydrogen (secondary N) is 2. The summed E-state index contributed by atoms with van der Waals surface area (Å²) in [7, 11) is -4.90. The number of thiol groups is 1. The molecular weight excluding hydrogens is 240 g/mol. The average Bonchev–Trinajstić information content (AvgIpc) is 2.18. The van der Waals surface area contributed by atoms with Gasteiger partial charge in [0, 0.05) is 5.69 Å². The van der Waals surface area contributed by atoms with Crippen LogP contribution in [0.3, 0.4) is 0 Å². The van der Waals surface area contributed by atoms with Gasteiger partial charge < -0.3 is 0 Å². The predicted molar refractivity (Wildman–Crippen MR) is 56.6 cm³/mol. The van der Waals surface area contributed by atoms with Crippen molar-refractivity contribution >= 4 is 26.6 Å². The molecule has 0 aromatic heterocycles. The van der Waals surface area contributed by atoms with E-state index in [9.17, 15) is 16.8 Å². The van der Waals surface area contributed by atoms with Crippen molar-refractivity contribution in [2.45, 2.75) is 4.90 Å². The SMILES string of the molecule is CNS(=O)(=O)c1ccc(N[SH](=O)=O)cc1. The molecule has 0 aliphatic rings. The molecule has 0 amide bonds. The van der Waals surface area contributed by atoms with Gasteiger partial charge in [-0.3, -0.25) is 4.72 Å². The van der Waals surface area contributed by atoms with Crippen LogP contribution in [0.4, 0.5) is 5.69 Å². The van der Waals surface area contributed by atoms with Gasteiger partial charge in [0.15, 0.2) is 0 Å². The standard InChI is InChI=1S/C7H10N2O4S2/c1-8-15(12,13)7-4-2-6(3-5-7)9-14(10)11/h2-5,8,14H,1H3,(H,9,10,11). The number of benzene rings is 1. The minimum atomic E-state index is -3.47. The molecule has 8 heteroatoms. The maximum atomic E-state index is 11.3. The molecule has 0 bridgehead atoms. The molecule has 0 saturated carbocycles. The fraction of sp³-hybridized carbons (Fsp3) is 0.143. The maximum absolute atomic E-state index is 11.3. The number of rotatable bonds is 4. The fourth-order valence-corrected chi connectivity index (χ4v) is 2.02. The van der Waals surface area contributed by atoms with Gasteiger partial charge in [-0.15, -0.1) is 0 Å². The lowest BCUT2D eigenvalue weighted by molar-refractivity contribution is 0.588. The van der Waals surface area contributed by atoms with E-state index in [0.717, 1.165) is 0 Å². The summed E-state index contributed by atoms with van der Waals surface area (Å²) in [5, 5.41) is 0. The van der Waals surface area contributed by atoms with Crippen molar-refractivity contribution in [1.82, 2.24) is 4.72 Å². The number of hydrogen-bond donors (Lipinski definition) is 3. The summed E-state index contributed by atoms with van der Waals surface area (Å²) in [6, 6.07) is 5.37. The van der Waals surface area contributed by atoms with Crippen molar-refractivity contribution in [3.63, 3.8) is 0 Å². The third kappa shape index (κ3) is 3.18. The zero-order chi connectivity index (χ0) is 11.5. The summed E-state index contributed by atoms with van der Waals surface area (Å²) >= 11 is 0. The molecule has 0 atom stereocenters. The van der Waals surface area contributed by atoms with E-state index in [0.29, 0.717) is 5.69 Å². The molecule has 0 aliphatic heterocycles. The Hall–Kier alpha value is -1.12. The van der Waals surface area contributed by atoms with Crippen LogP contribution in [0.2, 0.25) is 0 Å². The highest BCUT2D eigenvalue weighted by atomic mass is 32.2. The van der Waals surface area contributed by atoms with E-state index in [1.165, 1.54) is 31.3 Å². The smallest absolute Gasteiger partial charge is 0.240 e. The van der Waals surface area contributed by atoms with Crippen LogP contribution in [-0.2, 0) is 20.9 Å². The van der Waals surface area contributed by atoms with Crippen LogP contribution in [0.5, 0.6) is 0 Å². The van der Waals surface area contributed by atoms with E-state index < -0.39 is 20.9 Å². The number of hydrogen-bond acceptors (Lipinski definition) is 4. The Morgan fingerprint density at radius 2 is 1.67 bits per heavy atom. The normalized spacial score (nSPS) is 11.6. The summed E-state index contributed by atoms with van der Waals surface area (Å²) in [6.45, 7) is 0. The van der Waals surface area contributed by atoms with Gasteiger partial charge in [0.25, 0.3) is 0 Å². The average molecular weight is 250 g/mol. The lowest BCUT2D eigenvalue weighted by Crippen LogP contribution is -2.18. The summed E-state index contributed by atoms with van der Waals surface area (Å²) in [5.74, 6) is 0. The Kier molecular flexibility index (Phi) is 3.66. The van der Waals surface area contributed by atoms with E-state index in [2.05, 4.69) is 9.44 Å². The summed E-state index contributed by atoms with van der Waals surface area (Å²) in [6.07, 6.45) is 0. The van der Waals surface area contributed by atoms with Crippen molar-refractivity contribution < 1.29 is 16.8 Å². The minimum Gasteiger partial charge on any atom is -0.286 e. The summed E-state index contributed by atoms with van der Waals surface area (Å²) in [5.41, 5.74) is 0.321. The first kappa shape index (κ1) is 12.0. The molecule has 1 aromatic rings. The number of anilines is 1. The third-order valence-electron chi connectivity index (χ3n) is 1.65. The van der Waals surface area contributed by atoms with Gasteiger partial charge in [0.2, 0.25) is 20.9 Å². The Morgan fingerprint density at radius 3 is 2.07 bits per heavy atom. The van der Waals surface area contributed by atoms with Crippen LogP contribution in [-0.4, -0.2) is 23.9 Å². The Balaban J connectivity index is 3.00. The highest BCUT2D eigenvalue weighted by Crippen LogP contribution is 2.13. The molecule has 0 fully saturated rings. The topological polar surface area (TPSA) is 92.3 Å². The predicted octanol–water partition coefficient (Wildman–Crippen LogP) is -0.467. The third-order valence-corrected chi connectivity index (χ3v) is 3.52. The lowest BCUT2D eigenvalue weighted by atomic mass is 10.3. The molecule has 15 heavy (non-hydrogen) atoms. The molecule has 0 heterocycles. The molecule has 84 valence electrons. The quantitative estimate of drug-likeness (QED) is 0.630. The first-order chi connectivity index (χ1) is 6.95. The molecule has 1 aromatic carbocycles. The van der Waals surface area contributed by atoms with Gasteiger partial charge in [0.1, 0.15) is 0 Å². The van der Waals surface area contributed by atoms with E-state index >= 15 is 0 Å². The molecule has 1 rings (SSSR count). The van der Waals surface area contributed by atoms with Gasteiger partial charge in [-0.2, -0.15) is 0 Å². The van der Waals surface area contributed by atoms with Crippen molar-refractivity contribution in [1.29, 1.82) is 0 Å². The lowest BCUT2D eigenvalue weighted by Gasteiger charge is -2.03. The zero-order valence-corrected chi connectivity index (χ0v) is 9.51. The van der Waals surface area contributed by atoms with Gasteiger partial charge in [-0.1, -0.05) is 0 Å². The van der Waals surface area contributed by atoms with E-state index in [4.69, 9.17) is 0 Å². The van der Waals surface area contributed by atoms with E-state index in [-0.39, 0.29) is 4.90 Å². The highest BCUT2D eigenvalue weighted by molar-refractivity contribution is 7.89. The van der Waals surface area contributed by atoms with Crippen molar-refractivity contribution in [3.05, 3.63) is 24.3 Å². The number of sulfonamides is 1. The maximum Gasteiger partial charge on any atom is 0.240 e. The molecule has 0 radical (unpaired) electrons. The van der Waals surface area contributed by atoms with Gasteiger partial charge in [0.05, 0.1) is 4.90 Å². The van der Waals surface area contributed by atoms with Crippen LogP contribution >= 0.6 is 0 Å². The minimum absolute atomic E-state index is 0.0803. The van der Waals surface area contributed by atoms with E-state index in [1.807, 2.05) is 0 Å². The van der Waals surface area contributed by atoms with Crippen molar-refractivity contribution in [2.24, 2.45) is 0 Å². The van der Waals surface area contributed by atoms with E-state index in [1.54, 1.807) is 0 Å². The molecule has 2 N–H and O–H groups in total. The molecule has 0 saturated heterocycles. The second-order valence-corrected chi connectivity index (χ2v) is 5.23. The van der Waals surface area contributed by atoms with Crippen LogP contribution in [0, 0.1) is 0 Å². The van der Waals surface area contributed by atoms with Crippen molar-refractivity contribution in [2.75, 3.05) is 11.8 Å². The molecular formula is C7H10N2O4S2. The van der Waals surface area contributed by atoms with Gasteiger partial charge in [-0.25, -0.2) is 21.6 Å². The molecule has 0 aliphatic carbocycles. The Labute approximate surface area is 89.4 Å². The summed E-state index contributed by atoms with van der Waals surface area (Å²) < 4.78 is 47.5. The Morgan fingerprint density at radius 1 is 1.13 bits per heavy atom. The highest BCUT2D eigenvalue weighted by Gasteiger charge is 2.09. The van der Waals surface area contributed by atoms with Crippen LogP contribution in [0.25, 0.3) is 0 Å². The monoisotopic (exact) mass is 250 g/mol. The second kappa shape index (κ2) is 4.60. The largest absolute Gasteiger partial charge is 0.286 e. The second-order valence-electron chi connectivity index (χ2n) is 2.60. The molecule has 6 nitrogen and oxygen atoms in total. The zero-order valence-electron chi connectivity index (χ0n) is 7.80. The first-order valence-electron chi connectivity index (χ1n) is 3.90. The van der Waals surface area contributed by atoms with Crippen molar-refractivity contribution in [3.8, 4) is 0 Å². The molecule has 0 unspecified atom stereocenters. The van der Waals surface area contributed by atoms with Gasteiger partial charge in [-0.05, 0) is 31.3 Å².